The van der Waals surface area contributed by atoms with Gasteiger partial charge in [0.2, 0.25) is 0 Å². The van der Waals surface area contributed by atoms with Crippen LogP contribution in [0.25, 0.3) is 83.9 Å². The summed E-state index contributed by atoms with van der Waals surface area (Å²) in [4.78, 5) is 10.6. The Hall–Kier alpha value is -6.35. The number of phenolic OH excluding ortho intramolecular Hbond substituents is 1. The van der Waals surface area contributed by atoms with Gasteiger partial charge in [-0.3, -0.25) is 9.55 Å². The molecule has 0 unspecified atom stereocenters. The second kappa shape index (κ2) is 18.4. The van der Waals surface area contributed by atoms with Gasteiger partial charge in [-0.05, 0) is 93.2 Å². The molecule has 0 aliphatic carbocycles. The SMILES string of the molecule is [2H]C([2H])([2H])c1ccc(-c2ccnc(-c3[c-]c(-c4cccc5c4nc(-c4cc(C(C)(C)C)cc(C(C)(C)C)c4O)n5-c4ccc(C(C)(C)CC)cc4-c4ccccc4)cc(-c4ccccc4)c3)c2)cc1.[Pt]. The van der Waals surface area contributed by atoms with Gasteiger partial charge in [0.25, 0.3) is 0 Å². The van der Waals surface area contributed by atoms with Crippen LogP contribution in [0.2, 0.25) is 0 Å². The van der Waals surface area contributed by atoms with Crippen molar-refractivity contribution in [3.8, 4) is 78.6 Å². The van der Waals surface area contributed by atoms with Crippen molar-refractivity contribution in [1.29, 1.82) is 0 Å². The fraction of sp³-hybridized carbons (Fsp3) is 0.226. The van der Waals surface area contributed by atoms with E-state index < -0.39 is 6.85 Å². The molecule has 0 amide bonds. The van der Waals surface area contributed by atoms with E-state index in [1.165, 1.54) is 5.56 Å². The number of fused-ring (bicyclic) bond motifs is 1. The molecule has 7 aromatic carbocycles. The number of hydrogen-bond acceptors (Lipinski definition) is 3. The summed E-state index contributed by atoms with van der Waals surface area (Å²) < 4.78 is 25.9. The summed E-state index contributed by atoms with van der Waals surface area (Å²) in [5, 5.41) is 12.6. The van der Waals surface area contributed by atoms with Crippen LogP contribution in [0.1, 0.15) is 95.1 Å². The van der Waals surface area contributed by atoms with Crippen molar-refractivity contribution < 1.29 is 30.3 Å². The molecule has 0 saturated carbocycles. The molecule has 2 aromatic heterocycles. The minimum atomic E-state index is -2.18. The summed E-state index contributed by atoms with van der Waals surface area (Å²) in [6.45, 7) is 17.7. The van der Waals surface area contributed by atoms with Crippen molar-refractivity contribution in [1.82, 2.24) is 14.5 Å². The third-order valence-electron chi connectivity index (χ3n) is 13.2. The van der Waals surface area contributed by atoms with Crippen molar-refractivity contribution in [3.63, 3.8) is 0 Å². The standard InChI is InChI=1S/C62H60N3O.Pt/c1-11-62(9,10)48-29-30-55(51(37-48)43-21-16-13-17-22-43)65-56-24-18-23-50(57(56)64-59(65)52-38-49(60(3,4)5)39-53(58(52)66)61(6,7)8)46-33-45(41-19-14-12-15-20-41)34-47(35-46)54-36-44(31-32-63-54)42-27-25-40(2)26-28-42;/h12-34,36-39,66H,11H2,1-10H3;/q-1;/i2D3;. The van der Waals surface area contributed by atoms with Crippen molar-refractivity contribution in [3.05, 3.63) is 192 Å². The second-order valence-electron chi connectivity index (χ2n) is 20.3. The molecule has 0 aliphatic rings. The molecule has 0 fully saturated rings. The van der Waals surface area contributed by atoms with Crippen LogP contribution in [0.4, 0.5) is 0 Å². The molecule has 2 heterocycles. The average molecular weight is 1060 g/mol. The van der Waals surface area contributed by atoms with Crippen LogP contribution < -0.4 is 0 Å². The van der Waals surface area contributed by atoms with Crippen LogP contribution in [0, 0.1) is 12.9 Å². The number of phenols is 1. The third-order valence-corrected chi connectivity index (χ3v) is 13.2. The summed E-state index contributed by atoms with van der Waals surface area (Å²) in [5.74, 6) is 0.863. The Labute approximate surface area is 416 Å². The first kappa shape index (κ1) is 43.2. The van der Waals surface area contributed by atoms with Gasteiger partial charge in [-0.1, -0.05) is 200 Å². The number of rotatable bonds is 9. The number of hydrogen-bond donors (Lipinski definition) is 1. The molecule has 9 aromatic rings. The Kier molecular flexibility index (Phi) is 11.9. The number of aryl methyl sites for hydroxylation is 1. The van der Waals surface area contributed by atoms with Gasteiger partial charge in [-0.15, -0.1) is 23.8 Å². The van der Waals surface area contributed by atoms with E-state index in [0.29, 0.717) is 17.0 Å². The summed E-state index contributed by atoms with van der Waals surface area (Å²) in [6, 6.07) is 57.5. The van der Waals surface area contributed by atoms with Crippen molar-refractivity contribution in [2.75, 3.05) is 0 Å². The number of nitrogens with zero attached hydrogens (tertiary/aromatic N) is 3. The summed E-state index contributed by atoms with van der Waals surface area (Å²) in [7, 11) is 0. The summed E-state index contributed by atoms with van der Waals surface area (Å²) in [5.41, 5.74) is 15.4. The monoisotopic (exact) mass is 1060 g/mol. The molecule has 9 rings (SSSR count). The fourth-order valence-electron chi connectivity index (χ4n) is 8.83. The molecule has 0 saturated heterocycles. The Morgan fingerprint density at radius 1 is 0.582 bits per heavy atom. The zero-order chi connectivity index (χ0) is 49.0. The van der Waals surface area contributed by atoms with Crippen LogP contribution in [-0.2, 0) is 37.3 Å². The summed E-state index contributed by atoms with van der Waals surface area (Å²) in [6.07, 6.45) is 2.77. The van der Waals surface area contributed by atoms with E-state index in [2.05, 4.69) is 176 Å². The maximum atomic E-state index is 12.6. The van der Waals surface area contributed by atoms with E-state index in [-0.39, 0.29) is 43.1 Å². The molecule has 0 radical (unpaired) electrons. The van der Waals surface area contributed by atoms with Crippen LogP contribution >= 0.6 is 0 Å². The fourth-order valence-corrected chi connectivity index (χ4v) is 8.83. The number of para-hydroxylation sites is 1. The van der Waals surface area contributed by atoms with E-state index in [9.17, 15) is 5.11 Å². The predicted molar refractivity (Wildman–Crippen MR) is 277 cm³/mol. The molecule has 67 heavy (non-hydrogen) atoms. The molecule has 0 spiro atoms. The van der Waals surface area contributed by atoms with E-state index in [1.54, 1.807) is 18.3 Å². The van der Waals surface area contributed by atoms with Crippen LogP contribution in [0.5, 0.6) is 5.75 Å². The van der Waals surface area contributed by atoms with Crippen molar-refractivity contribution in [2.45, 2.75) is 91.8 Å². The van der Waals surface area contributed by atoms with Gasteiger partial charge < -0.3 is 5.11 Å². The zero-order valence-corrected chi connectivity index (χ0v) is 42.2. The maximum absolute atomic E-state index is 12.6. The minimum Gasteiger partial charge on any atom is -0.507 e. The van der Waals surface area contributed by atoms with Crippen LogP contribution in [0.3, 0.4) is 0 Å². The first-order valence-electron chi connectivity index (χ1n) is 24.5. The molecule has 4 nitrogen and oxygen atoms in total. The first-order chi connectivity index (χ1) is 32.7. The molecule has 340 valence electrons. The van der Waals surface area contributed by atoms with E-state index in [4.69, 9.17) is 14.1 Å². The summed E-state index contributed by atoms with van der Waals surface area (Å²) >= 11 is 0. The number of imidazole rings is 1. The van der Waals surface area contributed by atoms with Crippen molar-refractivity contribution >= 4 is 11.0 Å². The van der Waals surface area contributed by atoms with Gasteiger partial charge in [0.15, 0.2) is 0 Å². The largest absolute Gasteiger partial charge is 0.507 e. The third kappa shape index (κ3) is 9.34. The molecule has 0 bridgehead atoms. The Balaban J connectivity index is 0.00000659. The van der Waals surface area contributed by atoms with Gasteiger partial charge in [0.05, 0.1) is 22.3 Å². The Morgan fingerprint density at radius 2 is 1.24 bits per heavy atom. The minimum absolute atomic E-state index is 0. The second-order valence-corrected chi connectivity index (χ2v) is 20.3. The quantitative estimate of drug-likeness (QED) is 0.147. The number of benzene rings is 7. The van der Waals surface area contributed by atoms with Gasteiger partial charge in [0, 0.05) is 48.2 Å². The Bertz CT molecular complexity index is 3340. The number of aromatic nitrogens is 3. The topological polar surface area (TPSA) is 50.9 Å². The molecule has 1 N–H and O–H groups in total. The van der Waals surface area contributed by atoms with Gasteiger partial charge in [-0.25, -0.2) is 4.98 Å². The van der Waals surface area contributed by atoms with Gasteiger partial charge in [-0.2, -0.15) is 0 Å². The number of pyridine rings is 1. The smallest absolute Gasteiger partial charge is 0.148 e. The van der Waals surface area contributed by atoms with Gasteiger partial charge >= 0.3 is 0 Å². The predicted octanol–water partition coefficient (Wildman–Crippen LogP) is 16.5. The maximum Gasteiger partial charge on any atom is 0.148 e. The molecule has 0 atom stereocenters. The number of aromatic hydroxyl groups is 1. The zero-order valence-electron chi connectivity index (χ0n) is 42.9. The molecular weight excluding hydrogens is 998 g/mol. The first-order valence-corrected chi connectivity index (χ1v) is 23.0. The van der Waals surface area contributed by atoms with Crippen LogP contribution in [0.15, 0.2) is 164 Å². The van der Waals surface area contributed by atoms with Gasteiger partial charge in [0.1, 0.15) is 11.6 Å². The molecule has 5 heteroatoms. The average Bonchev–Trinajstić information content (AvgIpc) is 3.73. The molecular formula is C62H60N3OPt-. The van der Waals surface area contributed by atoms with Crippen molar-refractivity contribution in [2.24, 2.45) is 0 Å². The van der Waals surface area contributed by atoms with E-state index in [1.807, 2.05) is 42.5 Å². The van der Waals surface area contributed by atoms with E-state index in [0.717, 1.165) is 90.0 Å². The Morgan fingerprint density at radius 3 is 1.90 bits per heavy atom. The van der Waals surface area contributed by atoms with E-state index >= 15 is 0 Å². The normalized spacial score (nSPS) is 12.9. The van der Waals surface area contributed by atoms with Crippen LogP contribution in [-0.4, -0.2) is 19.6 Å². The molecule has 0 aliphatic heterocycles.